The highest BCUT2D eigenvalue weighted by molar-refractivity contribution is 7.80. The van der Waals surface area contributed by atoms with Crippen molar-refractivity contribution in [1.29, 1.82) is 0 Å². The zero-order valence-corrected chi connectivity index (χ0v) is 12.1. The molecule has 1 aliphatic rings. The minimum atomic E-state index is 0.122. The number of likely N-dealkylation sites (tertiary alicyclic amines) is 1. The van der Waals surface area contributed by atoms with Crippen LogP contribution in [0.2, 0.25) is 0 Å². The lowest BCUT2D eigenvalue weighted by Crippen LogP contribution is -2.39. The third kappa shape index (κ3) is 3.77. The molecule has 1 fully saturated rings. The van der Waals surface area contributed by atoms with Gasteiger partial charge in [0.1, 0.15) is 0 Å². The number of amides is 1. The number of nitrogens with two attached hydrogens (primary N) is 1. The van der Waals surface area contributed by atoms with Gasteiger partial charge in [0.2, 0.25) is 0 Å². The fourth-order valence-electron chi connectivity index (χ4n) is 2.57. The maximum atomic E-state index is 12.4. The van der Waals surface area contributed by atoms with Crippen LogP contribution in [0.15, 0.2) is 24.3 Å². The summed E-state index contributed by atoms with van der Waals surface area (Å²) in [5.41, 5.74) is 7.29. The molecule has 1 amide bonds. The summed E-state index contributed by atoms with van der Waals surface area (Å²) in [6.07, 6.45) is 2.86. The number of carbonyl (C=O) groups is 1. The highest BCUT2D eigenvalue weighted by Gasteiger charge is 2.21. The van der Waals surface area contributed by atoms with E-state index in [4.69, 9.17) is 18.0 Å². The van der Waals surface area contributed by atoms with E-state index in [1.54, 1.807) is 0 Å². The second-order valence-electron chi connectivity index (χ2n) is 5.34. The number of benzene rings is 1. The first-order valence-electron chi connectivity index (χ1n) is 6.73. The van der Waals surface area contributed by atoms with Crippen LogP contribution < -0.4 is 5.73 Å². The van der Waals surface area contributed by atoms with Crippen molar-refractivity contribution < 1.29 is 4.79 Å². The summed E-state index contributed by atoms with van der Waals surface area (Å²) >= 11 is 4.91. The van der Waals surface area contributed by atoms with Crippen LogP contribution in [-0.2, 0) is 6.42 Å². The lowest BCUT2D eigenvalue weighted by Gasteiger charge is -2.31. The van der Waals surface area contributed by atoms with Gasteiger partial charge in [0.25, 0.3) is 5.91 Å². The van der Waals surface area contributed by atoms with E-state index in [9.17, 15) is 4.79 Å². The topological polar surface area (TPSA) is 46.3 Å². The third-order valence-corrected chi connectivity index (χ3v) is 3.64. The van der Waals surface area contributed by atoms with Crippen LogP contribution in [0.25, 0.3) is 0 Å². The van der Waals surface area contributed by atoms with Crippen molar-refractivity contribution in [3.63, 3.8) is 0 Å². The van der Waals surface area contributed by atoms with Crippen molar-refractivity contribution in [2.75, 3.05) is 13.1 Å². The molecule has 102 valence electrons. The van der Waals surface area contributed by atoms with E-state index in [-0.39, 0.29) is 5.91 Å². The fourth-order valence-corrected chi connectivity index (χ4v) is 2.74. The molecule has 0 aromatic heterocycles. The molecule has 0 bridgehead atoms. The first-order valence-corrected chi connectivity index (χ1v) is 7.13. The maximum absolute atomic E-state index is 12.4. The lowest BCUT2D eigenvalue weighted by molar-refractivity contribution is 0.0683. The maximum Gasteiger partial charge on any atom is 0.253 e. The van der Waals surface area contributed by atoms with Crippen LogP contribution in [0.3, 0.4) is 0 Å². The first-order chi connectivity index (χ1) is 9.06. The zero-order valence-electron chi connectivity index (χ0n) is 11.3. The Labute approximate surface area is 119 Å². The van der Waals surface area contributed by atoms with E-state index in [0.29, 0.717) is 17.3 Å². The first kappa shape index (κ1) is 14.0. The Morgan fingerprint density at radius 3 is 3.00 bits per heavy atom. The van der Waals surface area contributed by atoms with Gasteiger partial charge in [0.15, 0.2) is 0 Å². The Hall–Kier alpha value is -1.42. The average Bonchev–Trinajstić information content (AvgIpc) is 2.37. The van der Waals surface area contributed by atoms with Crippen molar-refractivity contribution in [3.05, 3.63) is 35.4 Å². The van der Waals surface area contributed by atoms with Crippen molar-refractivity contribution >= 4 is 23.1 Å². The summed E-state index contributed by atoms with van der Waals surface area (Å²) in [5.74, 6) is 0.717. The smallest absolute Gasteiger partial charge is 0.253 e. The van der Waals surface area contributed by atoms with Gasteiger partial charge in [0, 0.05) is 25.1 Å². The van der Waals surface area contributed by atoms with Crippen molar-refractivity contribution in [2.24, 2.45) is 11.7 Å². The summed E-state index contributed by atoms with van der Waals surface area (Å²) < 4.78 is 0. The van der Waals surface area contributed by atoms with Crippen LogP contribution in [0, 0.1) is 5.92 Å². The summed E-state index contributed by atoms with van der Waals surface area (Å²) in [6.45, 7) is 3.92. The molecule has 0 spiro atoms. The summed E-state index contributed by atoms with van der Waals surface area (Å²) in [7, 11) is 0. The molecular formula is C15H20N2OS. The van der Waals surface area contributed by atoms with Gasteiger partial charge in [-0.25, -0.2) is 0 Å². The minimum Gasteiger partial charge on any atom is -0.393 e. The van der Waals surface area contributed by atoms with Crippen LogP contribution in [0.5, 0.6) is 0 Å². The van der Waals surface area contributed by atoms with Crippen molar-refractivity contribution in [3.8, 4) is 0 Å². The van der Waals surface area contributed by atoms with E-state index in [1.807, 2.05) is 29.2 Å². The van der Waals surface area contributed by atoms with Gasteiger partial charge in [-0.05, 0) is 36.5 Å². The summed E-state index contributed by atoms with van der Waals surface area (Å²) in [6, 6.07) is 7.62. The molecule has 1 heterocycles. The molecule has 1 aliphatic heterocycles. The van der Waals surface area contributed by atoms with E-state index in [2.05, 4.69) is 6.92 Å². The highest BCUT2D eigenvalue weighted by atomic mass is 32.1. The molecule has 2 N–H and O–H groups in total. The number of rotatable bonds is 3. The quantitative estimate of drug-likeness (QED) is 0.862. The molecule has 2 rings (SSSR count). The van der Waals surface area contributed by atoms with Crippen molar-refractivity contribution in [2.45, 2.75) is 26.2 Å². The number of hydrogen-bond donors (Lipinski definition) is 1. The van der Waals surface area contributed by atoms with E-state index in [0.717, 1.165) is 30.6 Å². The number of piperidine rings is 1. The standard InChI is InChI=1S/C15H20N2OS/c1-11-4-3-7-17(10-11)15(18)13-6-2-5-12(8-13)9-14(16)19/h2,5-6,8,11H,3-4,7,9-10H2,1H3,(H2,16,19). The van der Waals surface area contributed by atoms with Gasteiger partial charge >= 0.3 is 0 Å². The highest BCUT2D eigenvalue weighted by Crippen LogP contribution is 2.18. The van der Waals surface area contributed by atoms with E-state index < -0.39 is 0 Å². The van der Waals surface area contributed by atoms with Gasteiger partial charge in [-0.1, -0.05) is 31.3 Å². The largest absolute Gasteiger partial charge is 0.393 e. The summed E-state index contributed by atoms with van der Waals surface area (Å²) in [4.78, 5) is 14.9. The van der Waals surface area contributed by atoms with Crippen LogP contribution in [-0.4, -0.2) is 28.9 Å². The molecule has 4 heteroatoms. The lowest BCUT2D eigenvalue weighted by atomic mass is 9.99. The van der Waals surface area contributed by atoms with E-state index in [1.165, 1.54) is 6.42 Å². The molecule has 1 atom stereocenters. The molecule has 1 aromatic rings. The Kier molecular flexibility index (Phi) is 4.53. The predicted octanol–water partition coefficient (Wildman–Crippen LogP) is 2.39. The third-order valence-electron chi connectivity index (χ3n) is 3.50. The van der Waals surface area contributed by atoms with Crippen LogP contribution in [0.1, 0.15) is 35.7 Å². The molecular weight excluding hydrogens is 256 g/mol. The van der Waals surface area contributed by atoms with Crippen molar-refractivity contribution in [1.82, 2.24) is 4.90 Å². The SMILES string of the molecule is CC1CCCN(C(=O)c2cccc(CC(N)=S)c2)C1. The number of nitrogens with zero attached hydrogens (tertiary/aromatic N) is 1. The number of hydrogen-bond acceptors (Lipinski definition) is 2. The normalized spacial score (nSPS) is 19.2. The summed E-state index contributed by atoms with van der Waals surface area (Å²) in [5, 5.41) is 0. The minimum absolute atomic E-state index is 0.122. The van der Waals surface area contributed by atoms with Gasteiger partial charge in [-0.2, -0.15) is 0 Å². The second kappa shape index (κ2) is 6.15. The molecule has 0 radical (unpaired) electrons. The van der Waals surface area contributed by atoms with Gasteiger partial charge in [-0.15, -0.1) is 0 Å². The Morgan fingerprint density at radius 2 is 2.32 bits per heavy atom. The Bertz CT molecular complexity index is 487. The fraction of sp³-hybridized carbons (Fsp3) is 0.467. The number of thiocarbonyl (C=S) groups is 1. The van der Waals surface area contributed by atoms with E-state index >= 15 is 0 Å². The molecule has 1 saturated heterocycles. The molecule has 19 heavy (non-hydrogen) atoms. The molecule has 0 saturated carbocycles. The van der Waals surface area contributed by atoms with Crippen LogP contribution >= 0.6 is 12.2 Å². The second-order valence-corrected chi connectivity index (χ2v) is 5.87. The van der Waals surface area contributed by atoms with Gasteiger partial charge < -0.3 is 10.6 Å². The average molecular weight is 276 g/mol. The van der Waals surface area contributed by atoms with Gasteiger partial charge in [-0.3, -0.25) is 4.79 Å². The predicted molar refractivity (Wildman–Crippen MR) is 81.2 cm³/mol. The zero-order chi connectivity index (χ0) is 13.8. The molecule has 1 aromatic carbocycles. The Balaban J connectivity index is 2.12. The molecule has 0 aliphatic carbocycles. The van der Waals surface area contributed by atoms with Gasteiger partial charge in [0.05, 0.1) is 4.99 Å². The molecule has 1 unspecified atom stereocenters. The molecule has 3 nitrogen and oxygen atoms in total. The number of carbonyl (C=O) groups excluding carboxylic acids is 1. The Morgan fingerprint density at radius 1 is 1.53 bits per heavy atom. The monoisotopic (exact) mass is 276 g/mol. The van der Waals surface area contributed by atoms with Crippen LogP contribution in [0.4, 0.5) is 0 Å².